The lowest BCUT2D eigenvalue weighted by molar-refractivity contribution is 0.115. The second-order valence-corrected chi connectivity index (χ2v) is 5.21. The lowest BCUT2D eigenvalue weighted by Gasteiger charge is -2.32. The summed E-state index contributed by atoms with van der Waals surface area (Å²) in [6, 6.07) is 5.61. The molecule has 0 amide bonds. The van der Waals surface area contributed by atoms with E-state index in [1.165, 1.54) is 18.9 Å². The molecule has 4 heteroatoms. The summed E-state index contributed by atoms with van der Waals surface area (Å²) >= 11 is 0. The molecule has 0 radical (unpaired) electrons. The Labute approximate surface area is 114 Å². The van der Waals surface area contributed by atoms with Gasteiger partial charge in [-0.3, -0.25) is 4.90 Å². The summed E-state index contributed by atoms with van der Waals surface area (Å²) in [7, 11) is 1.70. The van der Waals surface area contributed by atoms with E-state index in [1.54, 1.807) is 13.2 Å². The second kappa shape index (κ2) is 6.46. The summed E-state index contributed by atoms with van der Waals surface area (Å²) in [6.45, 7) is 4.05. The van der Waals surface area contributed by atoms with Gasteiger partial charge in [0.05, 0.1) is 6.61 Å². The van der Waals surface area contributed by atoms with E-state index in [9.17, 15) is 4.39 Å². The third-order valence-electron chi connectivity index (χ3n) is 3.79. The number of hydrogen-bond acceptors (Lipinski definition) is 3. The van der Waals surface area contributed by atoms with Crippen LogP contribution in [0, 0.1) is 12.7 Å². The lowest BCUT2D eigenvalue weighted by Crippen LogP contribution is -2.38. The Bertz CT molecular complexity index is 421. The average molecular weight is 266 g/mol. The Hall–Kier alpha value is -0.970. The first-order valence-corrected chi connectivity index (χ1v) is 6.88. The van der Waals surface area contributed by atoms with Gasteiger partial charge < -0.3 is 10.5 Å². The summed E-state index contributed by atoms with van der Waals surface area (Å²) in [5.74, 6) is -0.193. The van der Waals surface area contributed by atoms with E-state index in [0.29, 0.717) is 19.2 Å². The van der Waals surface area contributed by atoms with Crippen molar-refractivity contribution in [3.05, 3.63) is 35.1 Å². The van der Waals surface area contributed by atoms with E-state index in [4.69, 9.17) is 10.5 Å². The maximum absolute atomic E-state index is 13.5. The van der Waals surface area contributed by atoms with Crippen molar-refractivity contribution in [3.8, 4) is 0 Å². The minimum Gasteiger partial charge on any atom is -0.383 e. The zero-order valence-electron chi connectivity index (χ0n) is 11.7. The van der Waals surface area contributed by atoms with Crippen LogP contribution in [0.4, 0.5) is 4.39 Å². The fourth-order valence-corrected chi connectivity index (χ4v) is 2.61. The molecule has 0 saturated heterocycles. The molecule has 2 rings (SSSR count). The maximum Gasteiger partial charge on any atom is 0.123 e. The molecule has 106 valence electrons. The van der Waals surface area contributed by atoms with E-state index < -0.39 is 0 Å². The number of rotatable bonds is 7. The minimum absolute atomic E-state index is 0.0818. The first-order chi connectivity index (χ1) is 9.17. The predicted molar refractivity (Wildman–Crippen MR) is 74.5 cm³/mol. The third-order valence-corrected chi connectivity index (χ3v) is 3.79. The zero-order chi connectivity index (χ0) is 13.8. The highest BCUT2D eigenvalue weighted by molar-refractivity contribution is 5.30. The number of halogens is 1. The van der Waals surface area contributed by atoms with Crippen molar-refractivity contribution < 1.29 is 9.13 Å². The van der Waals surface area contributed by atoms with Crippen LogP contribution < -0.4 is 5.73 Å². The van der Waals surface area contributed by atoms with Gasteiger partial charge in [-0.1, -0.05) is 6.07 Å². The number of hydrogen-bond donors (Lipinski definition) is 1. The molecule has 1 aromatic carbocycles. The molecular formula is C15H23FN2O. The van der Waals surface area contributed by atoms with Crippen molar-refractivity contribution in [2.24, 2.45) is 5.73 Å². The molecule has 0 aromatic heterocycles. The van der Waals surface area contributed by atoms with Gasteiger partial charge in [0.25, 0.3) is 0 Å². The molecule has 3 nitrogen and oxygen atoms in total. The highest BCUT2D eigenvalue weighted by Crippen LogP contribution is 2.34. The van der Waals surface area contributed by atoms with Crippen LogP contribution in [0.2, 0.25) is 0 Å². The molecule has 1 aliphatic carbocycles. The molecule has 1 atom stereocenters. The van der Waals surface area contributed by atoms with Crippen LogP contribution in [-0.2, 0) is 4.74 Å². The number of aryl methyl sites for hydroxylation is 1. The molecule has 0 bridgehead atoms. The lowest BCUT2D eigenvalue weighted by atomic mass is 9.99. The highest BCUT2D eigenvalue weighted by Gasteiger charge is 2.34. The zero-order valence-corrected chi connectivity index (χ0v) is 11.7. The van der Waals surface area contributed by atoms with Gasteiger partial charge in [0.15, 0.2) is 0 Å². The number of nitrogens with zero attached hydrogens (tertiary/aromatic N) is 1. The van der Waals surface area contributed by atoms with Crippen molar-refractivity contribution >= 4 is 0 Å². The van der Waals surface area contributed by atoms with E-state index in [1.807, 2.05) is 13.0 Å². The quantitative estimate of drug-likeness (QED) is 0.822. The molecule has 2 N–H and O–H groups in total. The van der Waals surface area contributed by atoms with Gasteiger partial charge in [-0.15, -0.1) is 0 Å². The molecule has 1 aliphatic rings. The Balaban J connectivity index is 2.22. The van der Waals surface area contributed by atoms with Gasteiger partial charge in [0.2, 0.25) is 0 Å². The summed E-state index contributed by atoms with van der Waals surface area (Å²) in [4.78, 5) is 2.37. The Morgan fingerprint density at radius 1 is 1.47 bits per heavy atom. The molecule has 19 heavy (non-hydrogen) atoms. The van der Waals surface area contributed by atoms with Crippen LogP contribution >= 0.6 is 0 Å². The number of nitrogens with two attached hydrogens (primary N) is 1. The second-order valence-electron chi connectivity index (χ2n) is 5.21. The van der Waals surface area contributed by atoms with E-state index in [2.05, 4.69) is 4.90 Å². The molecule has 0 aliphatic heterocycles. The predicted octanol–water partition coefficient (Wildman–Crippen LogP) is 2.24. The van der Waals surface area contributed by atoms with E-state index in [-0.39, 0.29) is 11.9 Å². The van der Waals surface area contributed by atoms with Crippen LogP contribution in [0.25, 0.3) is 0 Å². The fourth-order valence-electron chi connectivity index (χ4n) is 2.61. The van der Waals surface area contributed by atoms with Crippen LogP contribution in [0.1, 0.15) is 30.0 Å². The molecule has 1 saturated carbocycles. The number of methoxy groups -OCH3 is 1. The normalized spacial score (nSPS) is 16.9. The molecule has 1 aromatic rings. The third kappa shape index (κ3) is 3.53. The largest absolute Gasteiger partial charge is 0.383 e. The van der Waals surface area contributed by atoms with Crippen molar-refractivity contribution in [3.63, 3.8) is 0 Å². The molecule has 0 heterocycles. The van der Waals surface area contributed by atoms with Gasteiger partial charge in [-0.2, -0.15) is 0 Å². The summed E-state index contributed by atoms with van der Waals surface area (Å²) in [5, 5.41) is 0. The Kier molecular flexibility index (Phi) is 4.91. The Morgan fingerprint density at radius 3 is 2.79 bits per heavy atom. The van der Waals surface area contributed by atoms with Crippen molar-refractivity contribution in [2.45, 2.75) is 31.8 Å². The smallest absolute Gasteiger partial charge is 0.123 e. The van der Waals surface area contributed by atoms with Gasteiger partial charge in [0, 0.05) is 32.3 Å². The van der Waals surface area contributed by atoms with Crippen molar-refractivity contribution in [2.75, 3.05) is 26.8 Å². The number of ether oxygens (including phenoxy) is 1. The summed E-state index contributed by atoms with van der Waals surface area (Å²) in [6.07, 6.45) is 2.41. The van der Waals surface area contributed by atoms with Gasteiger partial charge >= 0.3 is 0 Å². The average Bonchev–Trinajstić information content (AvgIpc) is 3.22. The number of benzene rings is 1. The SMILES string of the molecule is COCCN(C1CC1)C(CN)c1cc(F)ccc1C. The van der Waals surface area contributed by atoms with E-state index >= 15 is 0 Å². The monoisotopic (exact) mass is 266 g/mol. The molecule has 1 fully saturated rings. The minimum atomic E-state index is -0.193. The molecule has 0 spiro atoms. The standard InChI is InChI=1S/C15H23FN2O/c1-11-3-4-12(16)9-14(11)15(10-17)18(7-8-19-2)13-5-6-13/h3-4,9,13,15H,5-8,10,17H2,1-2H3. The van der Waals surface area contributed by atoms with Crippen LogP contribution in [0.15, 0.2) is 18.2 Å². The van der Waals surface area contributed by atoms with Crippen molar-refractivity contribution in [1.82, 2.24) is 4.90 Å². The molecule has 1 unspecified atom stereocenters. The Morgan fingerprint density at radius 2 is 2.21 bits per heavy atom. The van der Waals surface area contributed by atoms with Crippen LogP contribution in [-0.4, -0.2) is 37.7 Å². The summed E-state index contributed by atoms with van der Waals surface area (Å²) in [5.41, 5.74) is 8.06. The fraction of sp³-hybridized carbons (Fsp3) is 0.600. The summed E-state index contributed by atoms with van der Waals surface area (Å²) < 4.78 is 18.7. The topological polar surface area (TPSA) is 38.5 Å². The van der Waals surface area contributed by atoms with Crippen molar-refractivity contribution in [1.29, 1.82) is 0 Å². The highest BCUT2D eigenvalue weighted by atomic mass is 19.1. The molecular weight excluding hydrogens is 243 g/mol. The first-order valence-electron chi connectivity index (χ1n) is 6.88. The van der Waals surface area contributed by atoms with Gasteiger partial charge in [0.1, 0.15) is 5.82 Å². The first kappa shape index (κ1) is 14.4. The van der Waals surface area contributed by atoms with Crippen LogP contribution in [0.3, 0.4) is 0 Å². The van der Waals surface area contributed by atoms with E-state index in [0.717, 1.165) is 17.7 Å². The van der Waals surface area contributed by atoms with Crippen LogP contribution in [0.5, 0.6) is 0 Å². The van der Waals surface area contributed by atoms with Gasteiger partial charge in [-0.25, -0.2) is 4.39 Å². The maximum atomic E-state index is 13.5. The van der Waals surface area contributed by atoms with Gasteiger partial charge in [-0.05, 0) is 43.0 Å².